The second kappa shape index (κ2) is 5.29. The van der Waals surface area contributed by atoms with Crippen LogP contribution < -0.4 is 0 Å². The number of carbonyl (C=O) groups excluding carboxylic acids is 1. The van der Waals surface area contributed by atoms with E-state index < -0.39 is 12.1 Å². The number of rotatable bonds is 1. The van der Waals surface area contributed by atoms with Crippen LogP contribution >= 0.6 is 0 Å². The van der Waals surface area contributed by atoms with Crippen molar-refractivity contribution in [3.63, 3.8) is 0 Å². The molecule has 6 unspecified atom stereocenters. The Morgan fingerprint density at radius 1 is 1.32 bits per heavy atom. The number of allylic oxidation sites excluding steroid dienone is 4. The van der Waals surface area contributed by atoms with Crippen molar-refractivity contribution >= 4 is 11.8 Å². The maximum Gasteiger partial charge on any atom is 0.307 e. The molecule has 0 aromatic heterocycles. The van der Waals surface area contributed by atoms with Crippen molar-refractivity contribution < 1.29 is 19.8 Å². The van der Waals surface area contributed by atoms with Crippen LogP contribution in [0.2, 0.25) is 0 Å². The Morgan fingerprint density at radius 2 is 2.04 bits per heavy atom. The summed E-state index contributed by atoms with van der Waals surface area (Å²) in [5.41, 5.74) is 0.532. The van der Waals surface area contributed by atoms with Crippen LogP contribution in [0.25, 0.3) is 0 Å². The molecule has 0 aromatic rings. The Kier molecular flexibility index (Phi) is 3.60. The number of aliphatic hydroxyl groups excluding tert-OH is 1. The summed E-state index contributed by atoms with van der Waals surface area (Å²) < 4.78 is 0. The molecule has 0 amide bonds. The summed E-state index contributed by atoms with van der Waals surface area (Å²) in [6.45, 7) is 6.30. The normalized spacial score (nSPS) is 51.4. The molecule has 136 valence electrons. The first-order valence-corrected chi connectivity index (χ1v) is 9.53. The second-order valence-electron chi connectivity index (χ2n) is 9.33. The zero-order valence-electron chi connectivity index (χ0n) is 15.2. The molecule has 2 N–H and O–H groups in total. The number of ketones is 1. The number of carbonyl (C=O) groups is 2. The molecular formula is C21H28O4. The van der Waals surface area contributed by atoms with Crippen molar-refractivity contribution in [2.45, 2.75) is 52.6 Å². The monoisotopic (exact) mass is 344 g/mol. The van der Waals surface area contributed by atoms with Crippen molar-refractivity contribution in [2.75, 3.05) is 0 Å². The van der Waals surface area contributed by atoms with Crippen LogP contribution in [0.3, 0.4) is 0 Å². The summed E-state index contributed by atoms with van der Waals surface area (Å²) in [6.07, 6.45) is 8.18. The Bertz CT molecular complexity index is 692. The Hall–Kier alpha value is -1.42. The number of aliphatic hydroxyl groups is 1. The van der Waals surface area contributed by atoms with E-state index in [-0.39, 0.29) is 34.4 Å². The minimum atomic E-state index is -0.714. The minimum absolute atomic E-state index is 0.0430. The lowest BCUT2D eigenvalue weighted by molar-refractivity contribution is -0.156. The van der Waals surface area contributed by atoms with Crippen molar-refractivity contribution in [1.29, 1.82) is 0 Å². The van der Waals surface area contributed by atoms with Crippen LogP contribution in [-0.4, -0.2) is 28.1 Å². The van der Waals surface area contributed by atoms with Crippen LogP contribution in [0.4, 0.5) is 0 Å². The average molecular weight is 344 g/mol. The number of carboxylic acids is 1. The van der Waals surface area contributed by atoms with Crippen LogP contribution in [0.15, 0.2) is 23.8 Å². The zero-order chi connectivity index (χ0) is 18.1. The fourth-order valence-corrected chi connectivity index (χ4v) is 7.22. The summed E-state index contributed by atoms with van der Waals surface area (Å²) in [7, 11) is 0. The molecule has 0 aliphatic heterocycles. The van der Waals surface area contributed by atoms with Crippen LogP contribution in [0.5, 0.6) is 0 Å². The van der Waals surface area contributed by atoms with Gasteiger partial charge in [-0.25, -0.2) is 0 Å². The molecular weight excluding hydrogens is 316 g/mol. The molecule has 4 nitrogen and oxygen atoms in total. The molecule has 0 aromatic carbocycles. The summed E-state index contributed by atoms with van der Waals surface area (Å²) in [4.78, 5) is 23.7. The maximum absolute atomic E-state index is 11.9. The molecule has 4 aliphatic carbocycles. The first-order valence-electron chi connectivity index (χ1n) is 9.53. The van der Waals surface area contributed by atoms with Gasteiger partial charge in [0.2, 0.25) is 0 Å². The third-order valence-corrected chi connectivity index (χ3v) is 8.10. The summed E-state index contributed by atoms with van der Waals surface area (Å²) in [5, 5.41) is 20.9. The van der Waals surface area contributed by atoms with Crippen molar-refractivity contribution in [3.8, 4) is 0 Å². The van der Waals surface area contributed by atoms with Gasteiger partial charge in [0, 0.05) is 11.3 Å². The first kappa shape index (κ1) is 17.0. The van der Waals surface area contributed by atoms with Gasteiger partial charge in [0.1, 0.15) is 0 Å². The van der Waals surface area contributed by atoms with Gasteiger partial charge in [0.05, 0.1) is 12.0 Å². The molecule has 0 heterocycles. The molecule has 8 atom stereocenters. The van der Waals surface area contributed by atoms with Gasteiger partial charge in [0.15, 0.2) is 5.78 Å². The van der Waals surface area contributed by atoms with Gasteiger partial charge in [-0.15, -0.1) is 0 Å². The van der Waals surface area contributed by atoms with E-state index >= 15 is 0 Å². The highest BCUT2D eigenvalue weighted by Gasteiger charge is 2.64. The molecule has 0 radical (unpaired) electrons. The van der Waals surface area contributed by atoms with Gasteiger partial charge in [-0.3, -0.25) is 9.59 Å². The third-order valence-electron chi connectivity index (χ3n) is 8.10. The number of aliphatic carboxylic acids is 1. The second-order valence-corrected chi connectivity index (χ2v) is 9.33. The first-order chi connectivity index (χ1) is 11.7. The van der Waals surface area contributed by atoms with Crippen molar-refractivity contribution in [1.82, 2.24) is 0 Å². The summed E-state index contributed by atoms with van der Waals surface area (Å²) >= 11 is 0. The fraction of sp³-hybridized carbons (Fsp3) is 0.714. The van der Waals surface area contributed by atoms with E-state index in [0.717, 1.165) is 24.8 Å². The largest absolute Gasteiger partial charge is 0.481 e. The quantitative estimate of drug-likeness (QED) is 0.766. The van der Waals surface area contributed by atoms with Crippen molar-refractivity contribution in [2.24, 2.45) is 40.4 Å². The fourth-order valence-electron chi connectivity index (χ4n) is 7.22. The van der Waals surface area contributed by atoms with E-state index in [1.807, 2.05) is 6.08 Å². The van der Waals surface area contributed by atoms with Gasteiger partial charge >= 0.3 is 5.97 Å². The minimum Gasteiger partial charge on any atom is -0.481 e. The molecule has 4 heteroatoms. The van der Waals surface area contributed by atoms with Gasteiger partial charge in [-0.2, -0.15) is 0 Å². The molecule has 25 heavy (non-hydrogen) atoms. The van der Waals surface area contributed by atoms with E-state index in [0.29, 0.717) is 18.3 Å². The lowest BCUT2D eigenvalue weighted by Crippen LogP contribution is -2.56. The van der Waals surface area contributed by atoms with Gasteiger partial charge in [0.25, 0.3) is 0 Å². The molecule has 4 aliphatic rings. The third kappa shape index (κ3) is 2.16. The number of hydrogen-bond donors (Lipinski definition) is 2. The van der Waals surface area contributed by atoms with Crippen molar-refractivity contribution in [3.05, 3.63) is 23.8 Å². The molecule has 3 saturated carbocycles. The van der Waals surface area contributed by atoms with Gasteiger partial charge in [-0.1, -0.05) is 32.4 Å². The van der Waals surface area contributed by atoms with Gasteiger partial charge in [-0.05, 0) is 61.0 Å². The predicted octanol–water partition coefficient (Wildman–Crippen LogP) is 3.21. The zero-order valence-corrected chi connectivity index (χ0v) is 15.2. The van der Waals surface area contributed by atoms with E-state index in [1.165, 1.54) is 0 Å². The van der Waals surface area contributed by atoms with Crippen LogP contribution in [-0.2, 0) is 9.59 Å². The summed E-state index contributed by atoms with van der Waals surface area (Å²) in [6, 6.07) is 0. The highest BCUT2D eigenvalue weighted by molar-refractivity contribution is 6.01. The van der Waals surface area contributed by atoms with E-state index in [1.54, 1.807) is 12.2 Å². The number of hydrogen-bond acceptors (Lipinski definition) is 3. The average Bonchev–Trinajstić information content (AvgIpc) is 2.77. The highest BCUT2D eigenvalue weighted by atomic mass is 16.4. The Labute approximate surface area is 149 Å². The topological polar surface area (TPSA) is 74.6 Å². The SMILES string of the molecule is C[C@@H]1CC2C3CCC4=CC(=O)C=C[C@]4(C)C3C(O)CC2(C)C1C(=O)O. The molecule has 4 rings (SSSR count). The van der Waals surface area contributed by atoms with Crippen LogP contribution in [0, 0.1) is 40.4 Å². The smallest absolute Gasteiger partial charge is 0.307 e. The van der Waals surface area contributed by atoms with E-state index in [4.69, 9.17) is 0 Å². The highest BCUT2D eigenvalue weighted by Crippen LogP contribution is 2.67. The predicted molar refractivity (Wildman–Crippen MR) is 93.7 cm³/mol. The maximum atomic E-state index is 11.9. The van der Waals surface area contributed by atoms with Crippen LogP contribution in [0.1, 0.15) is 46.5 Å². The van der Waals surface area contributed by atoms with E-state index in [9.17, 15) is 19.8 Å². The molecule has 0 saturated heterocycles. The number of carboxylic acid groups (broad SMARTS) is 1. The standard InChI is InChI=1S/C21H28O4/c1-11-8-15-14-5-4-12-9-13(22)6-7-20(12,2)18(14)16(23)10-21(15,3)17(11)19(24)25/h6-7,9,11,14-18,23H,4-5,8,10H2,1-3H3,(H,24,25)/t11-,14?,15?,16?,17?,18?,20+,21?/m1/s1. The van der Waals surface area contributed by atoms with Gasteiger partial charge < -0.3 is 10.2 Å². The summed E-state index contributed by atoms with van der Waals surface area (Å²) in [5.74, 6) is -0.167. The van der Waals surface area contributed by atoms with E-state index in [2.05, 4.69) is 20.8 Å². The Morgan fingerprint density at radius 3 is 2.72 bits per heavy atom. The number of fused-ring (bicyclic) bond motifs is 5. The molecule has 0 spiro atoms. The lowest BCUT2D eigenvalue weighted by atomic mass is 9.47. The Balaban J connectivity index is 1.76. The lowest BCUT2D eigenvalue weighted by Gasteiger charge is -2.58. The molecule has 0 bridgehead atoms. The molecule has 3 fully saturated rings.